The van der Waals surface area contributed by atoms with Crippen molar-refractivity contribution in [2.75, 3.05) is 39.1 Å². The molecule has 0 atom stereocenters. The Kier molecular flexibility index (Phi) is 5.91. The molecule has 0 radical (unpaired) electrons. The Labute approximate surface area is 139 Å². The van der Waals surface area contributed by atoms with Crippen molar-refractivity contribution in [2.24, 2.45) is 0 Å². The van der Waals surface area contributed by atoms with Gasteiger partial charge in [-0.05, 0) is 12.8 Å². The molecule has 0 unspecified atom stereocenters. The number of nitrogens with zero attached hydrogens (tertiary/aromatic N) is 2. The van der Waals surface area contributed by atoms with Crippen LogP contribution in [0.3, 0.4) is 0 Å². The number of anilines is 1. The van der Waals surface area contributed by atoms with Crippen LogP contribution < -0.4 is 15.4 Å². The number of nitro benzene ring substituents is 1. The number of piperidine rings is 1. The van der Waals surface area contributed by atoms with Crippen molar-refractivity contribution < 1.29 is 18.8 Å². The first kappa shape index (κ1) is 17.9. The van der Waals surface area contributed by atoms with Crippen LogP contribution in [0.4, 0.5) is 15.8 Å². The van der Waals surface area contributed by atoms with Crippen molar-refractivity contribution in [3.05, 3.63) is 28.1 Å². The summed E-state index contributed by atoms with van der Waals surface area (Å²) >= 11 is 0. The molecule has 1 aliphatic heterocycles. The van der Waals surface area contributed by atoms with E-state index in [1.165, 1.54) is 13.2 Å². The van der Waals surface area contributed by atoms with Crippen LogP contribution >= 0.6 is 0 Å². The molecular weight excluding hydrogens is 319 g/mol. The second kappa shape index (κ2) is 7.91. The maximum Gasteiger partial charge on any atom is 0.295 e. The predicted octanol–water partition coefficient (Wildman–Crippen LogP) is 1.36. The number of carbonyl (C=O) groups excluding carboxylic acids is 1. The number of benzene rings is 1. The van der Waals surface area contributed by atoms with E-state index in [4.69, 9.17) is 4.74 Å². The molecule has 132 valence electrons. The van der Waals surface area contributed by atoms with Crippen LogP contribution in [0.5, 0.6) is 5.75 Å². The fourth-order valence-corrected chi connectivity index (χ4v) is 2.70. The number of amides is 1. The van der Waals surface area contributed by atoms with E-state index in [0.29, 0.717) is 19.6 Å². The fraction of sp³-hybridized carbons (Fsp3) is 0.533. The maximum atomic E-state index is 13.7. The Morgan fingerprint density at radius 3 is 2.67 bits per heavy atom. The lowest BCUT2D eigenvalue weighted by atomic mass is 10.0. The van der Waals surface area contributed by atoms with Gasteiger partial charge in [0.15, 0.2) is 11.6 Å². The van der Waals surface area contributed by atoms with Gasteiger partial charge in [0.2, 0.25) is 5.91 Å². The van der Waals surface area contributed by atoms with Gasteiger partial charge in [-0.3, -0.25) is 19.8 Å². The molecule has 1 heterocycles. The first-order valence-corrected chi connectivity index (χ1v) is 7.66. The van der Waals surface area contributed by atoms with Crippen molar-refractivity contribution in [3.63, 3.8) is 0 Å². The van der Waals surface area contributed by atoms with Crippen molar-refractivity contribution in [1.82, 2.24) is 10.2 Å². The number of carbonyl (C=O) groups is 1. The van der Waals surface area contributed by atoms with Gasteiger partial charge < -0.3 is 15.4 Å². The maximum absolute atomic E-state index is 13.7. The lowest BCUT2D eigenvalue weighted by molar-refractivity contribution is -0.384. The number of nitro groups is 1. The predicted molar refractivity (Wildman–Crippen MR) is 86.8 cm³/mol. The third-order valence-corrected chi connectivity index (χ3v) is 4.06. The lowest BCUT2D eigenvalue weighted by Gasteiger charge is -2.32. The monoisotopic (exact) mass is 340 g/mol. The van der Waals surface area contributed by atoms with Crippen LogP contribution in [0.2, 0.25) is 0 Å². The molecule has 8 nitrogen and oxygen atoms in total. The molecule has 0 spiro atoms. The third kappa shape index (κ3) is 4.31. The number of ether oxygens (including phenoxy) is 1. The lowest BCUT2D eigenvalue weighted by Crippen LogP contribution is -2.43. The summed E-state index contributed by atoms with van der Waals surface area (Å²) in [5.74, 6) is -0.851. The number of nitrogens with one attached hydrogen (secondary N) is 2. The Morgan fingerprint density at radius 1 is 1.46 bits per heavy atom. The van der Waals surface area contributed by atoms with Crippen LogP contribution in [-0.4, -0.2) is 55.6 Å². The number of halogens is 1. The SMILES string of the molecule is CNC(=O)CN1CCC(Nc2cc(OC)c(F)cc2[N+](=O)[O-])CC1. The standard InChI is InChI=1S/C15H21FN4O4/c1-17-15(21)9-19-5-3-10(4-6-19)18-12-8-14(24-2)11(16)7-13(12)20(22)23/h7-8,10,18H,3-6,9H2,1-2H3,(H,17,21). The van der Waals surface area contributed by atoms with E-state index in [0.717, 1.165) is 18.9 Å². The summed E-state index contributed by atoms with van der Waals surface area (Å²) in [6, 6.07) is 2.19. The number of likely N-dealkylation sites (tertiary alicyclic amines) is 1. The Hall–Kier alpha value is -2.42. The van der Waals surface area contributed by atoms with Gasteiger partial charge >= 0.3 is 0 Å². The minimum absolute atomic E-state index is 0.0137. The fourth-order valence-electron chi connectivity index (χ4n) is 2.70. The molecule has 2 rings (SSSR count). The van der Waals surface area contributed by atoms with Gasteiger partial charge in [-0.1, -0.05) is 0 Å². The molecule has 1 saturated heterocycles. The van der Waals surface area contributed by atoms with Gasteiger partial charge in [0.05, 0.1) is 24.6 Å². The van der Waals surface area contributed by atoms with Crippen LogP contribution in [0.15, 0.2) is 12.1 Å². The molecule has 24 heavy (non-hydrogen) atoms. The highest BCUT2D eigenvalue weighted by Gasteiger charge is 2.24. The summed E-state index contributed by atoms with van der Waals surface area (Å²) in [7, 11) is 2.91. The normalized spacial score (nSPS) is 15.8. The highest BCUT2D eigenvalue weighted by Crippen LogP contribution is 2.33. The van der Waals surface area contributed by atoms with Crippen LogP contribution in [0.1, 0.15) is 12.8 Å². The molecule has 0 bridgehead atoms. The zero-order chi connectivity index (χ0) is 17.7. The average Bonchev–Trinajstić information content (AvgIpc) is 2.57. The summed E-state index contributed by atoms with van der Waals surface area (Å²) in [5.41, 5.74) is -0.0795. The third-order valence-electron chi connectivity index (χ3n) is 4.06. The zero-order valence-corrected chi connectivity index (χ0v) is 13.7. The first-order valence-electron chi connectivity index (χ1n) is 7.66. The number of likely N-dealkylation sites (N-methyl/N-ethyl adjacent to an activating group) is 1. The second-order valence-corrected chi connectivity index (χ2v) is 5.63. The molecule has 2 N–H and O–H groups in total. The van der Waals surface area contributed by atoms with E-state index in [1.54, 1.807) is 7.05 Å². The molecule has 1 aromatic carbocycles. The molecule has 0 saturated carbocycles. The number of hydrogen-bond donors (Lipinski definition) is 2. The smallest absolute Gasteiger partial charge is 0.295 e. The molecule has 0 aliphatic carbocycles. The molecule has 1 aliphatic rings. The van der Waals surface area contributed by atoms with E-state index in [1.807, 2.05) is 4.90 Å². The summed E-state index contributed by atoms with van der Waals surface area (Å²) in [5, 5.41) is 16.8. The van der Waals surface area contributed by atoms with Gasteiger partial charge in [-0.15, -0.1) is 0 Å². The van der Waals surface area contributed by atoms with Gasteiger partial charge in [-0.25, -0.2) is 4.39 Å². The molecule has 9 heteroatoms. The Balaban J connectivity index is 2.04. The van der Waals surface area contributed by atoms with E-state index < -0.39 is 10.7 Å². The summed E-state index contributed by atoms with van der Waals surface area (Å²) < 4.78 is 18.6. The van der Waals surface area contributed by atoms with Crippen molar-refractivity contribution in [3.8, 4) is 5.75 Å². The van der Waals surface area contributed by atoms with Crippen LogP contribution in [0.25, 0.3) is 0 Å². The van der Waals surface area contributed by atoms with E-state index >= 15 is 0 Å². The molecular formula is C15H21FN4O4. The molecule has 1 amide bonds. The summed E-state index contributed by atoms with van der Waals surface area (Å²) in [6.07, 6.45) is 1.46. The minimum atomic E-state index is -0.768. The number of methoxy groups -OCH3 is 1. The van der Waals surface area contributed by atoms with Gasteiger partial charge in [-0.2, -0.15) is 0 Å². The zero-order valence-electron chi connectivity index (χ0n) is 13.7. The van der Waals surface area contributed by atoms with Crippen molar-refractivity contribution in [1.29, 1.82) is 0 Å². The van der Waals surface area contributed by atoms with Gasteiger partial charge in [0.1, 0.15) is 5.69 Å². The van der Waals surface area contributed by atoms with Gasteiger partial charge in [0, 0.05) is 32.2 Å². The summed E-state index contributed by atoms with van der Waals surface area (Å²) in [6.45, 7) is 1.75. The van der Waals surface area contributed by atoms with E-state index in [-0.39, 0.29) is 29.1 Å². The Morgan fingerprint density at radius 2 is 2.12 bits per heavy atom. The van der Waals surface area contributed by atoms with Gasteiger partial charge in [0.25, 0.3) is 5.69 Å². The van der Waals surface area contributed by atoms with E-state index in [2.05, 4.69) is 10.6 Å². The van der Waals surface area contributed by atoms with Crippen molar-refractivity contribution in [2.45, 2.75) is 18.9 Å². The highest BCUT2D eigenvalue weighted by molar-refractivity contribution is 5.77. The second-order valence-electron chi connectivity index (χ2n) is 5.63. The quantitative estimate of drug-likeness (QED) is 0.600. The minimum Gasteiger partial charge on any atom is -0.494 e. The molecule has 1 fully saturated rings. The molecule has 0 aromatic heterocycles. The Bertz CT molecular complexity index is 618. The number of rotatable bonds is 6. The first-order chi connectivity index (χ1) is 11.4. The van der Waals surface area contributed by atoms with Crippen LogP contribution in [-0.2, 0) is 4.79 Å². The van der Waals surface area contributed by atoms with Crippen LogP contribution in [0, 0.1) is 15.9 Å². The number of hydrogen-bond acceptors (Lipinski definition) is 6. The summed E-state index contributed by atoms with van der Waals surface area (Å²) in [4.78, 5) is 23.9. The van der Waals surface area contributed by atoms with Crippen molar-refractivity contribution >= 4 is 17.3 Å². The molecule has 1 aromatic rings. The van der Waals surface area contributed by atoms with E-state index in [9.17, 15) is 19.3 Å². The highest BCUT2D eigenvalue weighted by atomic mass is 19.1. The largest absolute Gasteiger partial charge is 0.494 e. The topological polar surface area (TPSA) is 96.7 Å². The average molecular weight is 340 g/mol.